The van der Waals surface area contributed by atoms with E-state index in [-0.39, 0.29) is 17.1 Å². The number of pyridine rings is 1. The third-order valence-electron chi connectivity index (χ3n) is 4.78. The van der Waals surface area contributed by atoms with Crippen molar-refractivity contribution in [3.8, 4) is 11.5 Å². The number of rotatable bonds is 3. The molecule has 3 rings (SSSR count). The molecule has 1 saturated heterocycles. The monoisotopic (exact) mass is 345 g/mol. The second kappa shape index (κ2) is 6.00. The normalized spacial score (nSPS) is 18.4. The summed E-state index contributed by atoms with van der Waals surface area (Å²) in [4.78, 5) is 11.6. The Kier molecular flexibility index (Phi) is 4.25. The van der Waals surface area contributed by atoms with Gasteiger partial charge in [-0.25, -0.2) is 4.39 Å². The van der Waals surface area contributed by atoms with Gasteiger partial charge >= 0.3 is 7.12 Å². The van der Waals surface area contributed by atoms with E-state index in [2.05, 4.69) is 0 Å². The fourth-order valence-corrected chi connectivity index (χ4v) is 2.45. The van der Waals surface area contributed by atoms with E-state index < -0.39 is 24.1 Å². The van der Waals surface area contributed by atoms with Crippen molar-refractivity contribution >= 4 is 12.6 Å². The lowest BCUT2D eigenvalue weighted by Gasteiger charge is -2.32. The Morgan fingerprint density at radius 3 is 2.28 bits per heavy atom. The van der Waals surface area contributed by atoms with E-state index in [1.54, 1.807) is 25.4 Å². The van der Waals surface area contributed by atoms with Crippen LogP contribution in [-0.2, 0) is 16.4 Å². The average Bonchev–Trinajstić information content (AvgIpc) is 2.73. The largest absolute Gasteiger partial charge is 0.494 e. The molecule has 2 aromatic rings. The second-order valence-corrected chi connectivity index (χ2v) is 7.19. The zero-order valence-corrected chi connectivity index (χ0v) is 15.0. The third-order valence-corrected chi connectivity index (χ3v) is 4.78. The maximum absolute atomic E-state index is 14.4. The smallest absolute Gasteiger partial charge is 0.454 e. The number of hydrogen-bond acceptors (Lipinski definition) is 4. The van der Waals surface area contributed by atoms with E-state index in [0.717, 1.165) is 0 Å². The maximum Gasteiger partial charge on any atom is 0.494 e. The molecule has 1 aromatic heterocycles. The zero-order valence-electron chi connectivity index (χ0n) is 15.0. The molecule has 0 aliphatic carbocycles. The Balaban J connectivity index is 1.82. The van der Waals surface area contributed by atoms with Crippen molar-refractivity contribution in [1.29, 1.82) is 0 Å². The fraction of sp³-hybridized carbons (Fsp3) is 0.389. The van der Waals surface area contributed by atoms with Crippen molar-refractivity contribution in [2.45, 2.75) is 38.9 Å². The summed E-state index contributed by atoms with van der Waals surface area (Å²) in [6.07, 6.45) is 1.56. The Morgan fingerprint density at radius 2 is 1.72 bits per heavy atom. The molecule has 0 N–H and O–H groups in total. The van der Waals surface area contributed by atoms with Crippen LogP contribution in [0.25, 0.3) is 0 Å². The number of ether oxygens (including phenoxy) is 1. The van der Waals surface area contributed by atoms with Gasteiger partial charge in [0.1, 0.15) is 5.75 Å². The molecule has 0 spiro atoms. The molecule has 7 heteroatoms. The summed E-state index contributed by atoms with van der Waals surface area (Å²) in [7, 11) is 0.990. The highest BCUT2D eigenvalue weighted by Crippen LogP contribution is 2.36. The first-order chi connectivity index (χ1) is 11.6. The number of aromatic nitrogens is 1. The van der Waals surface area contributed by atoms with Crippen LogP contribution < -0.4 is 15.8 Å². The predicted molar refractivity (Wildman–Crippen MR) is 93.9 cm³/mol. The number of benzene rings is 1. The SMILES string of the molecule is Cn1ccc(Oc2ccc(B3OC(C)(C)C(C)(C)O3)cc2F)cc1=O. The Labute approximate surface area is 146 Å². The van der Waals surface area contributed by atoms with Crippen LogP contribution in [0, 0.1) is 5.82 Å². The molecular formula is C18H21BFNO4. The van der Waals surface area contributed by atoms with Crippen molar-refractivity contribution in [3.05, 3.63) is 52.7 Å². The molecular weight excluding hydrogens is 324 g/mol. The van der Waals surface area contributed by atoms with Crippen LogP contribution in [0.15, 0.2) is 41.3 Å². The lowest BCUT2D eigenvalue weighted by Crippen LogP contribution is -2.41. The second-order valence-electron chi connectivity index (χ2n) is 7.19. The molecule has 132 valence electrons. The summed E-state index contributed by atoms with van der Waals surface area (Å²) in [5.74, 6) is -0.230. The van der Waals surface area contributed by atoms with Crippen molar-refractivity contribution in [2.24, 2.45) is 7.05 Å². The Morgan fingerprint density at radius 1 is 1.08 bits per heavy atom. The summed E-state index contributed by atoms with van der Waals surface area (Å²) in [5, 5.41) is 0. The van der Waals surface area contributed by atoms with E-state index in [1.165, 1.54) is 22.8 Å². The van der Waals surface area contributed by atoms with Gasteiger partial charge in [0, 0.05) is 19.3 Å². The lowest BCUT2D eigenvalue weighted by atomic mass is 9.79. The first kappa shape index (κ1) is 17.7. The Hall–Kier alpha value is -2.12. The fourth-order valence-electron chi connectivity index (χ4n) is 2.45. The van der Waals surface area contributed by atoms with Crippen LogP contribution in [0.3, 0.4) is 0 Å². The number of hydrogen-bond donors (Lipinski definition) is 0. The molecule has 25 heavy (non-hydrogen) atoms. The summed E-state index contributed by atoms with van der Waals surface area (Å²) < 4.78 is 33.2. The standard InChI is InChI=1S/C18H21BFNO4/c1-17(2)18(3,4)25-19(24-17)12-6-7-15(14(20)10-12)23-13-8-9-21(5)16(22)11-13/h6-11H,1-5H3. The van der Waals surface area contributed by atoms with E-state index in [4.69, 9.17) is 14.0 Å². The van der Waals surface area contributed by atoms with Crippen LogP contribution >= 0.6 is 0 Å². The predicted octanol–water partition coefficient (Wildman–Crippen LogP) is 2.62. The highest BCUT2D eigenvalue weighted by Gasteiger charge is 2.51. The van der Waals surface area contributed by atoms with Crippen molar-refractivity contribution < 1.29 is 18.4 Å². The van der Waals surface area contributed by atoms with Crippen molar-refractivity contribution in [2.75, 3.05) is 0 Å². The minimum atomic E-state index is -0.641. The molecule has 1 aromatic carbocycles. The van der Waals surface area contributed by atoms with Crippen LogP contribution in [0.1, 0.15) is 27.7 Å². The zero-order chi connectivity index (χ0) is 18.4. The lowest BCUT2D eigenvalue weighted by molar-refractivity contribution is 0.00578. The highest BCUT2D eigenvalue weighted by molar-refractivity contribution is 6.62. The highest BCUT2D eigenvalue weighted by atomic mass is 19.1. The van der Waals surface area contributed by atoms with Crippen LogP contribution in [0.5, 0.6) is 11.5 Å². The topological polar surface area (TPSA) is 49.7 Å². The van der Waals surface area contributed by atoms with E-state index >= 15 is 0 Å². The maximum atomic E-state index is 14.4. The van der Waals surface area contributed by atoms with Gasteiger partial charge in [-0.3, -0.25) is 4.79 Å². The van der Waals surface area contributed by atoms with Gasteiger partial charge in [0.05, 0.1) is 11.2 Å². The Bertz CT molecular complexity index is 846. The quantitative estimate of drug-likeness (QED) is 0.803. The van der Waals surface area contributed by atoms with E-state index in [1.807, 2.05) is 27.7 Å². The summed E-state index contributed by atoms with van der Waals surface area (Å²) >= 11 is 0. The van der Waals surface area contributed by atoms with E-state index in [0.29, 0.717) is 5.46 Å². The van der Waals surface area contributed by atoms with Gasteiger partial charge in [-0.05, 0) is 51.4 Å². The van der Waals surface area contributed by atoms with Crippen LogP contribution in [0.4, 0.5) is 4.39 Å². The van der Waals surface area contributed by atoms with Gasteiger partial charge in [-0.2, -0.15) is 0 Å². The number of halogens is 1. The summed E-state index contributed by atoms with van der Waals surface area (Å²) in [6, 6.07) is 7.44. The molecule has 2 heterocycles. The van der Waals surface area contributed by atoms with Gasteiger partial charge in [0.25, 0.3) is 5.56 Å². The average molecular weight is 345 g/mol. The molecule has 1 aliphatic rings. The van der Waals surface area contributed by atoms with E-state index in [9.17, 15) is 9.18 Å². The number of aryl methyl sites for hydroxylation is 1. The molecule has 0 unspecified atom stereocenters. The summed E-state index contributed by atoms with van der Waals surface area (Å²) in [6.45, 7) is 7.76. The first-order valence-corrected chi connectivity index (χ1v) is 8.09. The van der Waals surface area contributed by atoms with Crippen molar-refractivity contribution in [3.63, 3.8) is 0 Å². The van der Waals surface area contributed by atoms with Gasteiger partial charge < -0.3 is 18.6 Å². The molecule has 1 aliphatic heterocycles. The molecule has 5 nitrogen and oxygen atoms in total. The van der Waals surface area contributed by atoms with Gasteiger partial charge in [0.2, 0.25) is 0 Å². The number of nitrogens with zero attached hydrogens (tertiary/aromatic N) is 1. The van der Waals surface area contributed by atoms with Crippen molar-refractivity contribution in [1.82, 2.24) is 4.57 Å². The van der Waals surface area contributed by atoms with Crippen LogP contribution in [0.2, 0.25) is 0 Å². The summed E-state index contributed by atoms with van der Waals surface area (Å²) in [5.41, 5.74) is -0.639. The van der Waals surface area contributed by atoms with Gasteiger partial charge in [0.15, 0.2) is 11.6 Å². The molecule has 0 saturated carbocycles. The minimum absolute atomic E-state index is 0.0357. The molecule has 0 radical (unpaired) electrons. The van der Waals surface area contributed by atoms with Gasteiger partial charge in [-0.15, -0.1) is 0 Å². The van der Waals surface area contributed by atoms with Gasteiger partial charge in [-0.1, -0.05) is 6.07 Å². The molecule has 0 amide bonds. The first-order valence-electron chi connectivity index (χ1n) is 8.09. The van der Waals surface area contributed by atoms with Crippen LogP contribution in [-0.4, -0.2) is 22.9 Å². The molecule has 0 bridgehead atoms. The molecule has 1 fully saturated rings. The molecule has 0 atom stereocenters. The minimum Gasteiger partial charge on any atom is -0.454 e. The third kappa shape index (κ3) is 3.34.